The number of fused-ring (bicyclic) bond motifs is 1. The molecule has 3 aromatic carbocycles. The Morgan fingerprint density at radius 3 is 2.32 bits per heavy atom. The number of pyridine rings is 1. The van der Waals surface area contributed by atoms with Crippen molar-refractivity contribution in [2.45, 2.75) is 13.0 Å². The summed E-state index contributed by atoms with van der Waals surface area (Å²) in [6.45, 7) is 1.45. The van der Waals surface area contributed by atoms with Crippen LogP contribution in [0, 0.1) is 0 Å². The van der Waals surface area contributed by atoms with Crippen molar-refractivity contribution in [3.8, 4) is 5.75 Å². The second kappa shape index (κ2) is 10.7. The molecule has 1 amide bonds. The van der Waals surface area contributed by atoms with Crippen molar-refractivity contribution in [2.24, 2.45) is 0 Å². The number of ether oxygens (including phenoxy) is 1. The Morgan fingerprint density at radius 1 is 0.871 bits per heavy atom. The zero-order valence-electron chi connectivity index (χ0n) is 17.4. The molecule has 0 aliphatic rings. The van der Waals surface area contributed by atoms with Gasteiger partial charge in [0.15, 0.2) is 18.9 Å². The Kier molecular flexibility index (Phi) is 7.79. The van der Waals surface area contributed by atoms with Crippen molar-refractivity contribution in [1.29, 1.82) is 0 Å². The van der Waals surface area contributed by atoms with Crippen molar-refractivity contribution in [1.82, 2.24) is 5.32 Å². The second-order valence-electron chi connectivity index (χ2n) is 7.30. The third-order valence-corrected chi connectivity index (χ3v) is 5.18. The van der Waals surface area contributed by atoms with E-state index in [-0.39, 0.29) is 22.9 Å². The summed E-state index contributed by atoms with van der Waals surface area (Å²) in [5.41, 5.74) is 3.14. The van der Waals surface area contributed by atoms with Crippen LogP contribution in [0.15, 0.2) is 91.3 Å². The van der Waals surface area contributed by atoms with Crippen LogP contribution in [0.2, 0.25) is 0 Å². The van der Waals surface area contributed by atoms with Crippen LogP contribution in [0.25, 0.3) is 10.8 Å². The maximum absolute atomic E-state index is 12.5. The number of aromatic nitrogens is 1. The summed E-state index contributed by atoms with van der Waals surface area (Å²) in [4.78, 5) is 12.5. The first-order chi connectivity index (χ1) is 14.7. The normalized spacial score (nSPS) is 10.4. The lowest BCUT2D eigenvalue weighted by molar-refractivity contribution is -0.688. The van der Waals surface area contributed by atoms with Crippen LogP contribution in [0.5, 0.6) is 5.75 Å². The number of halogens is 1. The van der Waals surface area contributed by atoms with E-state index in [1.165, 1.54) is 11.1 Å². The van der Waals surface area contributed by atoms with E-state index in [0.717, 1.165) is 29.5 Å². The average Bonchev–Trinajstić information content (AvgIpc) is 2.80. The van der Waals surface area contributed by atoms with Crippen molar-refractivity contribution in [2.75, 3.05) is 13.7 Å². The highest BCUT2D eigenvalue weighted by Crippen LogP contribution is 2.21. The number of nitrogens with one attached hydrogen (secondary N) is 1. The molecule has 1 aromatic heterocycles. The number of nitrogens with zero attached hydrogens (tertiary/aromatic N) is 1. The van der Waals surface area contributed by atoms with Crippen LogP contribution in [-0.4, -0.2) is 19.6 Å². The van der Waals surface area contributed by atoms with Gasteiger partial charge in [-0.15, -0.1) is 0 Å². The minimum absolute atomic E-state index is 0. The summed E-state index contributed by atoms with van der Waals surface area (Å²) < 4.78 is 7.41. The molecule has 5 heteroatoms. The van der Waals surface area contributed by atoms with Crippen LogP contribution in [0.3, 0.4) is 0 Å². The summed E-state index contributed by atoms with van der Waals surface area (Å²) in [5.74, 6) is 0.760. The molecule has 1 N–H and O–H groups in total. The number of hydrogen-bond donors (Lipinski definition) is 1. The van der Waals surface area contributed by atoms with E-state index in [9.17, 15) is 4.79 Å². The maximum atomic E-state index is 12.5. The van der Waals surface area contributed by atoms with E-state index in [0.29, 0.717) is 12.1 Å². The van der Waals surface area contributed by atoms with Gasteiger partial charge in [-0.05, 0) is 47.0 Å². The molecular formula is C26H25BrN2O2. The van der Waals surface area contributed by atoms with E-state index < -0.39 is 0 Å². The quantitative estimate of drug-likeness (QED) is 0.406. The molecule has 158 valence electrons. The van der Waals surface area contributed by atoms with Crippen LogP contribution in [0.1, 0.15) is 21.5 Å². The molecule has 0 aliphatic heterocycles. The van der Waals surface area contributed by atoms with Gasteiger partial charge in [0.25, 0.3) is 5.91 Å². The molecule has 4 nitrogen and oxygen atoms in total. The van der Waals surface area contributed by atoms with E-state index in [1.54, 1.807) is 7.11 Å². The summed E-state index contributed by atoms with van der Waals surface area (Å²) in [6.07, 6.45) is 4.96. The zero-order valence-corrected chi connectivity index (χ0v) is 19.0. The molecule has 0 saturated carbocycles. The Bertz CT molecular complexity index is 1150. The highest BCUT2D eigenvalue weighted by atomic mass is 79.9. The van der Waals surface area contributed by atoms with E-state index >= 15 is 0 Å². The average molecular weight is 477 g/mol. The number of rotatable bonds is 7. The molecule has 0 radical (unpaired) electrons. The smallest absolute Gasteiger partial charge is 0.251 e. The fourth-order valence-corrected chi connectivity index (χ4v) is 3.47. The predicted octanol–water partition coefficient (Wildman–Crippen LogP) is 1.16. The van der Waals surface area contributed by atoms with Gasteiger partial charge >= 0.3 is 0 Å². The van der Waals surface area contributed by atoms with Gasteiger partial charge in [-0.1, -0.05) is 42.5 Å². The predicted molar refractivity (Wildman–Crippen MR) is 119 cm³/mol. The minimum Gasteiger partial charge on any atom is -1.00 e. The fraction of sp³-hybridized carbons (Fsp3) is 0.154. The minimum atomic E-state index is -0.0530. The van der Waals surface area contributed by atoms with Crippen molar-refractivity contribution in [3.63, 3.8) is 0 Å². The lowest BCUT2D eigenvalue weighted by Crippen LogP contribution is -3.00. The molecule has 1 heterocycles. The molecule has 0 unspecified atom stereocenters. The topological polar surface area (TPSA) is 42.2 Å². The van der Waals surface area contributed by atoms with Gasteiger partial charge in [-0.2, -0.15) is 0 Å². The maximum Gasteiger partial charge on any atom is 0.251 e. The van der Waals surface area contributed by atoms with Gasteiger partial charge in [-0.3, -0.25) is 4.79 Å². The van der Waals surface area contributed by atoms with Gasteiger partial charge in [-0.25, -0.2) is 4.57 Å². The first kappa shape index (κ1) is 22.5. The molecule has 4 rings (SSSR count). The SMILES string of the molecule is COc1ccc2cc(C(=O)NCCc3cc[n+](Cc4ccccc4)cc3)ccc2c1.[Br-]. The first-order valence-electron chi connectivity index (χ1n) is 10.1. The van der Waals surface area contributed by atoms with Crippen molar-refractivity contribution in [3.05, 3.63) is 108 Å². The Balaban J connectivity index is 0.00000272. The van der Waals surface area contributed by atoms with Crippen LogP contribution < -0.4 is 31.6 Å². The number of methoxy groups -OCH3 is 1. The van der Waals surface area contributed by atoms with Gasteiger partial charge in [0, 0.05) is 29.8 Å². The number of carbonyl (C=O) groups is 1. The van der Waals surface area contributed by atoms with Crippen LogP contribution >= 0.6 is 0 Å². The zero-order chi connectivity index (χ0) is 20.8. The van der Waals surface area contributed by atoms with Gasteiger partial charge < -0.3 is 27.0 Å². The molecule has 0 saturated heterocycles. The number of hydrogen-bond acceptors (Lipinski definition) is 2. The Labute approximate surface area is 193 Å². The second-order valence-corrected chi connectivity index (χ2v) is 7.30. The molecule has 4 aromatic rings. The van der Waals surface area contributed by atoms with E-state index in [1.807, 2.05) is 42.5 Å². The third kappa shape index (κ3) is 5.92. The summed E-state index contributed by atoms with van der Waals surface area (Å²) >= 11 is 0. The molecule has 0 fully saturated rings. The first-order valence-corrected chi connectivity index (χ1v) is 10.1. The Morgan fingerprint density at radius 2 is 1.58 bits per heavy atom. The Hall–Kier alpha value is -3.18. The molecular weight excluding hydrogens is 452 g/mol. The summed E-state index contributed by atoms with van der Waals surface area (Å²) in [5, 5.41) is 5.10. The number of carbonyl (C=O) groups excluding carboxylic acids is 1. The van der Waals surface area contributed by atoms with Gasteiger partial charge in [0.05, 0.1) is 7.11 Å². The van der Waals surface area contributed by atoms with E-state index in [4.69, 9.17) is 4.74 Å². The summed E-state index contributed by atoms with van der Waals surface area (Å²) in [6, 6.07) is 26.2. The molecule has 0 atom stereocenters. The molecule has 0 aliphatic carbocycles. The van der Waals surface area contributed by atoms with Crippen LogP contribution in [-0.2, 0) is 13.0 Å². The lowest BCUT2D eigenvalue weighted by atomic mass is 10.1. The number of amides is 1. The van der Waals surface area contributed by atoms with Gasteiger partial charge in [0.2, 0.25) is 0 Å². The highest BCUT2D eigenvalue weighted by Gasteiger charge is 2.08. The van der Waals surface area contributed by atoms with Crippen LogP contribution in [0.4, 0.5) is 0 Å². The standard InChI is InChI=1S/C26H24N2O2.BrH/c1-30-25-10-9-22-17-24(8-7-23(22)18-25)26(29)27-14-11-20-12-15-28(16-13-20)19-21-5-3-2-4-6-21;/h2-10,12-13,15-18H,11,14,19H2,1H3;1H. The third-order valence-electron chi connectivity index (χ3n) is 5.18. The highest BCUT2D eigenvalue weighted by molar-refractivity contribution is 5.98. The molecule has 31 heavy (non-hydrogen) atoms. The monoisotopic (exact) mass is 476 g/mol. The lowest BCUT2D eigenvalue weighted by Gasteiger charge is -2.07. The number of benzene rings is 3. The molecule has 0 spiro atoms. The van der Waals surface area contributed by atoms with E-state index in [2.05, 4.69) is 58.7 Å². The van der Waals surface area contributed by atoms with Gasteiger partial charge in [0.1, 0.15) is 5.75 Å². The molecule has 0 bridgehead atoms. The van der Waals surface area contributed by atoms with Crippen molar-refractivity contribution >= 4 is 16.7 Å². The van der Waals surface area contributed by atoms with Crippen molar-refractivity contribution < 1.29 is 31.1 Å². The summed E-state index contributed by atoms with van der Waals surface area (Å²) in [7, 11) is 1.65. The fourth-order valence-electron chi connectivity index (χ4n) is 3.47. The largest absolute Gasteiger partial charge is 1.00 e.